The van der Waals surface area contributed by atoms with Gasteiger partial charge in [-0.2, -0.15) is 0 Å². The van der Waals surface area contributed by atoms with E-state index in [0.717, 1.165) is 77.1 Å². The first kappa shape index (κ1) is 46.9. The Morgan fingerprint density at radius 2 is 0.420 bits per heavy atom. The maximum atomic E-state index is 15.3. The van der Waals surface area contributed by atoms with E-state index in [2.05, 4.69) is 252 Å². The molecule has 0 fully saturated rings. The molecule has 380 valence electrons. The number of nitrogens with zero attached hydrogens (tertiary/aromatic N) is 2. The number of rotatable bonds is 6. The van der Waals surface area contributed by atoms with Gasteiger partial charge in [0.1, 0.15) is 11.6 Å². The first-order valence-corrected chi connectivity index (χ1v) is 29.6. The highest BCUT2D eigenvalue weighted by Gasteiger charge is 2.42. The lowest BCUT2D eigenvalue weighted by Gasteiger charge is -2.35. The molecule has 81 heavy (non-hydrogen) atoms. The molecule has 0 saturated carbocycles. The Bertz CT molecular complexity index is 4320. The van der Waals surface area contributed by atoms with Gasteiger partial charge >= 0.3 is 0 Å². The number of halogens is 2. The van der Waals surface area contributed by atoms with Gasteiger partial charge in [-0.05, 0) is 137 Å². The van der Waals surface area contributed by atoms with Gasteiger partial charge in [0.05, 0.1) is 22.7 Å². The maximum absolute atomic E-state index is 15.3. The average Bonchev–Trinajstić information content (AvgIpc) is 4.06. The minimum atomic E-state index is -3.39. The van der Waals surface area contributed by atoms with Crippen LogP contribution in [0.3, 0.4) is 0 Å². The fourth-order valence-electron chi connectivity index (χ4n) is 13.9. The van der Waals surface area contributed by atoms with Gasteiger partial charge < -0.3 is 9.80 Å². The van der Waals surface area contributed by atoms with Crippen LogP contribution in [0.15, 0.2) is 291 Å². The number of benzene rings is 14. The fraction of sp³-hybridized carbons (Fsp3) is 0. The first-order valence-electron chi connectivity index (χ1n) is 27.6. The molecule has 16 rings (SSSR count). The van der Waals surface area contributed by atoms with Gasteiger partial charge in [-0.25, -0.2) is 8.78 Å². The molecule has 2 aliphatic heterocycles. The van der Waals surface area contributed by atoms with Gasteiger partial charge in [-0.15, -0.1) is 0 Å². The van der Waals surface area contributed by atoms with Crippen LogP contribution in [-0.2, 0) is 0 Å². The molecule has 0 bridgehead atoms. The highest BCUT2D eigenvalue weighted by atomic mass is 28.3. The fourth-order valence-corrected chi connectivity index (χ4v) is 18.5. The van der Waals surface area contributed by atoms with Crippen molar-refractivity contribution in [2.75, 3.05) is 9.80 Å². The molecular weight excluding hydrogens is 1010 g/mol. The summed E-state index contributed by atoms with van der Waals surface area (Å²) in [6.45, 7) is 0. The van der Waals surface area contributed by atoms with Crippen molar-refractivity contribution in [1.29, 1.82) is 0 Å². The molecule has 0 saturated heterocycles. The first-order chi connectivity index (χ1) is 40.0. The number of fused-ring (bicyclic) bond motifs is 20. The lowest BCUT2D eigenvalue weighted by molar-refractivity contribution is 0.628. The second-order valence-corrected chi connectivity index (χ2v) is 25.1. The molecule has 0 radical (unpaired) electrons. The van der Waals surface area contributed by atoms with Crippen LogP contribution in [-0.4, -0.2) is 8.07 Å². The number of para-hydroxylation sites is 4. The monoisotopic (exact) mass is 1050 g/mol. The second-order valence-electron chi connectivity index (χ2n) is 21.3. The number of hydrogen-bond donors (Lipinski definition) is 0. The number of hydrogen-bond acceptors (Lipinski definition) is 2. The van der Waals surface area contributed by atoms with Crippen molar-refractivity contribution in [3.05, 3.63) is 303 Å². The largest absolute Gasteiger partial charge is 0.309 e. The van der Waals surface area contributed by atoms with Gasteiger partial charge in [-0.3, -0.25) is 0 Å². The van der Waals surface area contributed by atoms with Crippen LogP contribution in [0.5, 0.6) is 0 Å². The van der Waals surface area contributed by atoms with Gasteiger partial charge in [0.2, 0.25) is 0 Å². The van der Waals surface area contributed by atoms with E-state index in [1.54, 1.807) is 24.3 Å². The average molecular weight is 1060 g/mol. The Kier molecular flexibility index (Phi) is 10.7. The Morgan fingerprint density at radius 3 is 0.679 bits per heavy atom. The summed E-state index contributed by atoms with van der Waals surface area (Å²) in [7, 11) is -3.39. The molecule has 0 aromatic heterocycles. The third-order valence-electron chi connectivity index (χ3n) is 17.2. The predicted molar refractivity (Wildman–Crippen MR) is 338 cm³/mol. The molecular formula is C76H48F2N2Si. The third-order valence-corrected chi connectivity index (χ3v) is 22.0. The van der Waals surface area contributed by atoms with Crippen LogP contribution in [0.1, 0.15) is 0 Å². The van der Waals surface area contributed by atoms with Crippen LogP contribution in [0, 0.1) is 11.6 Å². The molecule has 14 aromatic rings. The third kappa shape index (κ3) is 7.02. The van der Waals surface area contributed by atoms with Crippen molar-refractivity contribution in [1.82, 2.24) is 0 Å². The van der Waals surface area contributed by atoms with Crippen molar-refractivity contribution in [3.63, 3.8) is 0 Å². The van der Waals surface area contributed by atoms with Crippen LogP contribution in [0.2, 0.25) is 0 Å². The van der Waals surface area contributed by atoms with Crippen LogP contribution < -0.4 is 30.5 Å². The van der Waals surface area contributed by atoms with Crippen molar-refractivity contribution in [2.24, 2.45) is 0 Å². The summed E-state index contributed by atoms with van der Waals surface area (Å²) in [5.41, 5.74) is 15.8. The van der Waals surface area contributed by atoms with E-state index in [-0.39, 0.29) is 11.6 Å². The Hall–Kier alpha value is -10.2. The van der Waals surface area contributed by atoms with E-state index < -0.39 is 8.07 Å². The summed E-state index contributed by atoms with van der Waals surface area (Å²) in [6, 6.07) is 102. The molecule has 0 N–H and O–H groups in total. The van der Waals surface area contributed by atoms with Gasteiger partial charge in [-0.1, -0.05) is 218 Å². The lowest BCUT2D eigenvalue weighted by Crippen LogP contribution is -2.74. The highest BCUT2D eigenvalue weighted by Crippen LogP contribution is 2.57. The molecule has 0 amide bonds. The quantitative estimate of drug-likeness (QED) is 0.0930. The zero-order valence-corrected chi connectivity index (χ0v) is 44.9. The zero-order valence-electron chi connectivity index (χ0n) is 43.9. The van der Waals surface area contributed by atoms with Crippen molar-refractivity contribution in [2.45, 2.75) is 0 Å². The molecule has 0 atom stereocenters. The van der Waals surface area contributed by atoms with E-state index in [1.165, 1.54) is 65.3 Å². The topological polar surface area (TPSA) is 6.48 Å². The SMILES string of the molecule is Fc1ccc([Si](c2ccc(F)cc2)(c2ccc(N3c4ccccc4-c4c(c5ccccc5c5ccccc45)-c4ccccc43)cc2)c2ccc(N3c4ccccc4-c4c(c5ccccc5c5ccccc45)-c4ccccc43)cc2)cc1. The normalized spacial score (nSPS) is 12.5. The molecule has 5 heteroatoms. The second kappa shape index (κ2) is 18.5. The highest BCUT2D eigenvalue weighted by molar-refractivity contribution is 7.19. The summed E-state index contributed by atoms with van der Waals surface area (Å²) in [5, 5.41) is 13.9. The van der Waals surface area contributed by atoms with E-state index in [4.69, 9.17) is 0 Å². The molecule has 0 unspecified atom stereocenters. The smallest absolute Gasteiger partial charge is 0.179 e. The van der Waals surface area contributed by atoms with Crippen molar-refractivity contribution in [3.8, 4) is 44.5 Å². The van der Waals surface area contributed by atoms with Crippen LogP contribution in [0.4, 0.5) is 42.9 Å². The van der Waals surface area contributed by atoms with E-state index in [1.807, 2.05) is 24.3 Å². The molecule has 2 heterocycles. The summed E-state index contributed by atoms with van der Waals surface area (Å²) in [6.07, 6.45) is 0. The van der Waals surface area contributed by atoms with E-state index in [0.29, 0.717) is 0 Å². The zero-order chi connectivity index (χ0) is 53.8. The maximum Gasteiger partial charge on any atom is 0.179 e. The predicted octanol–water partition coefficient (Wildman–Crippen LogP) is 18.2. The molecule has 14 aromatic carbocycles. The van der Waals surface area contributed by atoms with Crippen LogP contribution in [0.25, 0.3) is 87.6 Å². The molecule has 2 nitrogen and oxygen atoms in total. The Morgan fingerprint density at radius 1 is 0.210 bits per heavy atom. The van der Waals surface area contributed by atoms with Gasteiger partial charge in [0.25, 0.3) is 0 Å². The van der Waals surface area contributed by atoms with Crippen molar-refractivity contribution >= 4 is 106 Å². The molecule has 0 aliphatic carbocycles. The summed E-state index contributed by atoms with van der Waals surface area (Å²) in [4.78, 5) is 4.82. The summed E-state index contributed by atoms with van der Waals surface area (Å²) < 4.78 is 30.6. The lowest BCUT2D eigenvalue weighted by atomic mass is 9.85. The van der Waals surface area contributed by atoms with E-state index in [9.17, 15) is 0 Å². The number of anilines is 6. The van der Waals surface area contributed by atoms with Crippen molar-refractivity contribution < 1.29 is 8.78 Å². The molecule has 0 spiro atoms. The summed E-state index contributed by atoms with van der Waals surface area (Å²) in [5.74, 6) is -0.627. The Balaban J connectivity index is 0.895. The summed E-state index contributed by atoms with van der Waals surface area (Å²) >= 11 is 0. The van der Waals surface area contributed by atoms with Gasteiger partial charge in [0.15, 0.2) is 8.07 Å². The standard InChI is InChI=1S/C76H48F2N2Si/c77-49-33-41-53(42-34-49)81(54-43-35-50(78)36-44-54,55-45-37-51(38-46-55)79-69-29-13-9-25-65(69)73-61-21-5-1-17-57(61)58-18-2-6-22-62(58)74(73)66-26-10-14-30-70(66)79)56-47-39-52(40-48-56)80-71-31-15-11-27-67(71)75-63-23-7-3-19-59(63)60-20-4-8-24-64(60)76(75)68-28-12-16-32-72(68)80/h1-48H. The minimum absolute atomic E-state index is 0.313. The Labute approximate surface area is 469 Å². The van der Waals surface area contributed by atoms with Crippen LogP contribution >= 0.6 is 0 Å². The van der Waals surface area contributed by atoms with Gasteiger partial charge in [0, 0.05) is 55.9 Å². The van der Waals surface area contributed by atoms with E-state index >= 15 is 8.78 Å². The minimum Gasteiger partial charge on any atom is -0.309 e. The molecule has 2 aliphatic rings.